The van der Waals surface area contributed by atoms with Crippen LogP contribution in [0.15, 0.2) is 24.5 Å². The maximum atomic E-state index is 12.0. The second-order valence-corrected chi connectivity index (χ2v) is 4.99. The summed E-state index contributed by atoms with van der Waals surface area (Å²) in [6, 6.07) is 3.67. The van der Waals surface area contributed by atoms with E-state index >= 15 is 0 Å². The number of carbonyl (C=O) groups excluding carboxylic acids is 2. The summed E-state index contributed by atoms with van der Waals surface area (Å²) >= 11 is 0. The van der Waals surface area contributed by atoms with Crippen LogP contribution in [-0.4, -0.2) is 59.8 Å². The molecule has 1 aliphatic heterocycles. The molecule has 1 aromatic heterocycles. The molecule has 0 atom stereocenters. The van der Waals surface area contributed by atoms with Crippen LogP contribution in [0.4, 0.5) is 0 Å². The number of hydrogen-bond acceptors (Lipinski definition) is 4. The maximum absolute atomic E-state index is 12.0. The molecular weight excluding hydrogens is 256 g/mol. The minimum absolute atomic E-state index is 0.0746. The van der Waals surface area contributed by atoms with Crippen LogP contribution in [0.1, 0.15) is 12.0 Å². The molecule has 0 saturated carbocycles. The normalized spacial score (nSPS) is 15.9. The molecule has 6 nitrogen and oxygen atoms in total. The molecule has 1 fully saturated rings. The highest BCUT2D eigenvalue weighted by Gasteiger charge is 2.20. The van der Waals surface area contributed by atoms with E-state index in [1.165, 1.54) is 0 Å². The quantitative estimate of drug-likeness (QED) is 0.778. The van der Waals surface area contributed by atoms with Gasteiger partial charge in [-0.1, -0.05) is 0 Å². The Bertz CT molecular complexity index is 456. The predicted octanol–water partition coefficient (Wildman–Crippen LogP) is -0.138. The van der Waals surface area contributed by atoms with Crippen molar-refractivity contribution in [1.29, 1.82) is 0 Å². The van der Waals surface area contributed by atoms with Crippen molar-refractivity contribution >= 4 is 11.8 Å². The van der Waals surface area contributed by atoms with Crippen LogP contribution in [0.2, 0.25) is 0 Å². The summed E-state index contributed by atoms with van der Waals surface area (Å²) in [5.74, 6) is -0.323. The van der Waals surface area contributed by atoms with E-state index < -0.39 is 0 Å². The molecule has 0 unspecified atom stereocenters. The second-order valence-electron chi connectivity index (χ2n) is 4.99. The van der Waals surface area contributed by atoms with Gasteiger partial charge < -0.3 is 15.1 Å². The number of carbonyl (C=O) groups is 2. The van der Waals surface area contributed by atoms with Gasteiger partial charge in [0.2, 0.25) is 11.8 Å². The highest BCUT2D eigenvalue weighted by atomic mass is 16.2. The molecule has 6 heteroatoms. The van der Waals surface area contributed by atoms with Crippen LogP contribution in [0, 0.1) is 0 Å². The van der Waals surface area contributed by atoms with Gasteiger partial charge in [-0.3, -0.25) is 14.6 Å². The Morgan fingerprint density at radius 1 is 1.20 bits per heavy atom. The summed E-state index contributed by atoms with van der Waals surface area (Å²) < 4.78 is 0. The van der Waals surface area contributed by atoms with Crippen LogP contribution in [0.25, 0.3) is 0 Å². The summed E-state index contributed by atoms with van der Waals surface area (Å²) in [7, 11) is 2.03. The van der Waals surface area contributed by atoms with E-state index in [2.05, 4.69) is 15.2 Å². The number of aromatic nitrogens is 1. The minimum atomic E-state index is -0.231. The van der Waals surface area contributed by atoms with Gasteiger partial charge in [-0.15, -0.1) is 0 Å². The molecule has 0 aliphatic carbocycles. The van der Waals surface area contributed by atoms with Crippen molar-refractivity contribution in [3.05, 3.63) is 30.1 Å². The van der Waals surface area contributed by atoms with E-state index in [4.69, 9.17) is 0 Å². The lowest BCUT2D eigenvalue weighted by Gasteiger charge is -2.32. The predicted molar refractivity (Wildman–Crippen MR) is 74.8 cm³/mol. The van der Waals surface area contributed by atoms with E-state index in [1.807, 2.05) is 19.2 Å². The Balaban J connectivity index is 1.72. The van der Waals surface area contributed by atoms with Gasteiger partial charge in [-0.05, 0) is 24.7 Å². The van der Waals surface area contributed by atoms with Crippen molar-refractivity contribution < 1.29 is 9.59 Å². The van der Waals surface area contributed by atoms with Crippen molar-refractivity contribution in [2.45, 2.75) is 13.0 Å². The number of pyridine rings is 1. The van der Waals surface area contributed by atoms with Gasteiger partial charge in [-0.2, -0.15) is 0 Å². The average molecular weight is 276 g/mol. The van der Waals surface area contributed by atoms with Crippen molar-refractivity contribution in [3.63, 3.8) is 0 Å². The lowest BCUT2D eigenvalue weighted by molar-refractivity contribution is -0.137. The van der Waals surface area contributed by atoms with Crippen molar-refractivity contribution in [1.82, 2.24) is 20.1 Å². The minimum Gasteiger partial charge on any atom is -0.352 e. The Morgan fingerprint density at radius 3 is 2.50 bits per heavy atom. The lowest BCUT2D eigenvalue weighted by Crippen LogP contribution is -2.48. The zero-order chi connectivity index (χ0) is 14.4. The van der Waals surface area contributed by atoms with Crippen LogP contribution in [-0.2, 0) is 16.1 Å². The molecular formula is C14H20N4O2. The largest absolute Gasteiger partial charge is 0.352 e. The molecule has 0 bridgehead atoms. The van der Waals surface area contributed by atoms with Crippen LogP contribution in [0.3, 0.4) is 0 Å². The van der Waals surface area contributed by atoms with Crippen LogP contribution < -0.4 is 5.32 Å². The monoisotopic (exact) mass is 276 g/mol. The van der Waals surface area contributed by atoms with E-state index in [0.717, 1.165) is 18.7 Å². The molecule has 0 radical (unpaired) electrons. The van der Waals surface area contributed by atoms with E-state index in [9.17, 15) is 9.59 Å². The molecule has 2 rings (SSSR count). The Kier molecular flexibility index (Phi) is 5.06. The van der Waals surface area contributed by atoms with Crippen molar-refractivity contribution in [2.24, 2.45) is 0 Å². The Hall–Kier alpha value is -1.95. The fourth-order valence-corrected chi connectivity index (χ4v) is 2.07. The number of rotatable bonds is 4. The van der Waals surface area contributed by atoms with Gasteiger partial charge >= 0.3 is 0 Å². The number of hydrogen-bond donors (Lipinski definition) is 1. The van der Waals surface area contributed by atoms with Gasteiger partial charge in [0.05, 0.1) is 0 Å². The summed E-state index contributed by atoms with van der Waals surface area (Å²) in [6.45, 7) is 3.56. The Labute approximate surface area is 118 Å². The van der Waals surface area contributed by atoms with Crippen molar-refractivity contribution in [2.75, 3.05) is 33.2 Å². The lowest BCUT2D eigenvalue weighted by atomic mass is 10.2. The summed E-state index contributed by atoms with van der Waals surface area (Å²) in [5, 5.41) is 2.75. The van der Waals surface area contributed by atoms with E-state index in [1.54, 1.807) is 17.3 Å². The molecule has 2 heterocycles. The molecule has 108 valence electrons. The van der Waals surface area contributed by atoms with Gasteiger partial charge in [-0.25, -0.2) is 0 Å². The summed E-state index contributed by atoms with van der Waals surface area (Å²) in [4.78, 5) is 31.6. The highest BCUT2D eigenvalue weighted by Crippen LogP contribution is 2.02. The maximum Gasteiger partial charge on any atom is 0.232 e. The van der Waals surface area contributed by atoms with Crippen LogP contribution in [0.5, 0.6) is 0 Å². The molecule has 1 aromatic rings. The third-order valence-electron chi connectivity index (χ3n) is 3.41. The third kappa shape index (κ3) is 4.31. The van der Waals surface area contributed by atoms with Gasteiger partial charge in [0.15, 0.2) is 0 Å². The molecule has 20 heavy (non-hydrogen) atoms. The van der Waals surface area contributed by atoms with Gasteiger partial charge in [0.1, 0.15) is 6.42 Å². The standard InChI is InChI=1S/C14H20N4O2/c1-17-6-8-18(9-7-17)14(20)10-13(19)16-11-12-2-4-15-5-3-12/h2-5H,6-11H2,1H3,(H,16,19). The molecule has 0 aromatic carbocycles. The van der Waals surface area contributed by atoms with E-state index in [-0.39, 0.29) is 18.2 Å². The molecule has 0 spiro atoms. The fourth-order valence-electron chi connectivity index (χ4n) is 2.07. The van der Waals surface area contributed by atoms with Gasteiger partial charge in [0, 0.05) is 45.1 Å². The second kappa shape index (κ2) is 7.00. The first kappa shape index (κ1) is 14.5. The zero-order valence-corrected chi connectivity index (χ0v) is 11.7. The number of nitrogens with one attached hydrogen (secondary N) is 1. The van der Waals surface area contributed by atoms with Gasteiger partial charge in [0.25, 0.3) is 0 Å². The topological polar surface area (TPSA) is 65.5 Å². The molecule has 1 N–H and O–H groups in total. The molecule has 1 saturated heterocycles. The summed E-state index contributed by atoms with van der Waals surface area (Å²) in [5.41, 5.74) is 0.973. The summed E-state index contributed by atoms with van der Waals surface area (Å²) in [6.07, 6.45) is 3.28. The van der Waals surface area contributed by atoms with Crippen LogP contribution >= 0.6 is 0 Å². The first-order valence-electron chi connectivity index (χ1n) is 6.77. The molecule has 1 aliphatic rings. The number of likely N-dealkylation sites (N-methyl/N-ethyl adjacent to an activating group) is 1. The number of nitrogens with zero attached hydrogens (tertiary/aromatic N) is 3. The first-order valence-corrected chi connectivity index (χ1v) is 6.77. The first-order chi connectivity index (χ1) is 9.65. The third-order valence-corrected chi connectivity index (χ3v) is 3.41. The zero-order valence-electron chi connectivity index (χ0n) is 11.7. The SMILES string of the molecule is CN1CCN(C(=O)CC(=O)NCc2ccncc2)CC1. The number of amides is 2. The average Bonchev–Trinajstić information content (AvgIpc) is 2.47. The fraction of sp³-hybridized carbons (Fsp3) is 0.500. The number of piperazine rings is 1. The molecule has 2 amide bonds. The smallest absolute Gasteiger partial charge is 0.232 e. The highest BCUT2D eigenvalue weighted by molar-refractivity contribution is 5.96. The van der Waals surface area contributed by atoms with Crippen molar-refractivity contribution in [3.8, 4) is 0 Å². The van der Waals surface area contributed by atoms with E-state index in [0.29, 0.717) is 19.6 Å². The Morgan fingerprint density at radius 2 is 1.85 bits per heavy atom.